The quantitative estimate of drug-likeness (QED) is 0.201. The third-order valence-electron chi connectivity index (χ3n) is 2.37. The lowest BCUT2D eigenvalue weighted by Crippen LogP contribution is -2.23. The molecule has 0 atom stereocenters. The van der Waals surface area contributed by atoms with Crippen LogP contribution in [0.4, 0.5) is 5.69 Å². The number of rotatable bonds is 7. The van der Waals surface area contributed by atoms with Gasteiger partial charge in [0.05, 0.1) is 31.7 Å². The second kappa shape index (κ2) is 7.46. The molecule has 0 saturated carbocycles. The first kappa shape index (κ1) is 14.2. The van der Waals surface area contributed by atoms with E-state index >= 15 is 0 Å². The number of likely N-dealkylation sites (N-methyl/N-ethyl adjacent to an activating group) is 1. The molecule has 1 aromatic rings. The second-order valence-electron chi connectivity index (χ2n) is 3.64. The average molecular weight is 254 g/mol. The van der Waals surface area contributed by atoms with Crippen molar-refractivity contribution in [3.63, 3.8) is 0 Å². The van der Waals surface area contributed by atoms with Crippen molar-refractivity contribution in [1.29, 1.82) is 0 Å². The molecule has 7 nitrogen and oxygen atoms in total. The lowest BCUT2D eigenvalue weighted by atomic mass is 10.3. The highest BCUT2D eigenvalue weighted by molar-refractivity contribution is 5.95. The first-order valence-corrected chi connectivity index (χ1v) is 5.52. The van der Waals surface area contributed by atoms with Gasteiger partial charge in [0.2, 0.25) is 0 Å². The smallest absolute Gasteiger partial charge is 0.188 e. The molecule has 7 heteroatoms. The van der Waals surface area contributed by atoms with Crippen molar-refractivity contribution < 1.29 is 15.1 Å². The van der Waals surface area contributed by atoms with Crippen LogP contribution in [0.3, 0.4) is 0 Å². The van der Waals surface area contributed by atoms with Gasteiger partial charge in [-0.25, -0.2) is 0 Å². The normalized spacial score (nSPS) is 11.6. The fourth-order valence-corrected chi connectivity index (χ4v) is 1.31. The molecule has 0 saturated heterocycles. The minimum atomic E-state index is -0.0181. The highest BCUT2D eigenvalue weighted by Gasteiger charge is 2.04. The summed E-state index contributed by atoms with van der Waals surface area (Å²) in [6.07, 6.45) is 1.64. The van der Waals surface area contributed by atoms with E-state index in [0.717, 1.165) is 5.69 Å². The maximum Gasteiger partial charge on any atom is 0.188 e. The maximum absolute atomic E-state index is 8.56. The third-order valence-corrected chi connectivity index (χ3v) is 2.37. The van der Waals surface area contributed by atoms with Crippen LogP contribution in [0.1, 0.15) is 5.69 Å². The van der Waals surface area contributed by atoms with Crippen LogP contribution in [0.15, 0.2) is 23.5 Å². The van der Waals surface area contributed by atoms with Crippen LogP contribution in [0.5, 0.6) is 0 Å². The minimum absolute atomic E-state index is 0.0181. The van der Waals surface area contributed by atoms with Gasteiger partial charge in [-0.05, 0) is 12.1 Å². The SMILES string of the molecule is CN(CCOCCO)c1ccc(/C(N)=N/O)nc1. The van der Waals surface area contributed by atoms with Crippen molar-refractivity contribution in [2.75, 3.05) is 38.3 Å². The number of nitrogens with two attached hydrogens (primary N) is 1. The van der Waals surface area contributed by atoms with Gasteiger partial charge in [-0.2, -0.15) is 0 Å². The molecule has 0 bridgehead atoms. The van der Waals surface area contributed by atoms with E-state index in [1.54, 1.807) is 12.3 Å². The number of amidine groups is 1. The zero-order valence-electron chi connectivity index (χ0n) is 10.3. The van der Waals surface area contributed by atoms with E-state index in [0.29, 0.717) is 25.5 Å². The number of hydrogen-bond acceptors (Lipinski definition) is 6. The van der Waals surface area contributed by atoms with Gasteiger partial charge in [-0.3, -0.25) is 4.98 Å². The molecule has 0 aliphatic carbocycles. The summed E-state index contributed by atoms with van der Waals surface area (Å²) >= 11 is 0. The van der Waals surface area contributed by atoms with Gasteiger partial charge in [0.1, 0.15) is 5.69 Å². The molecule has 0 amide bonds. The van der Waals surface area contributed by atoms with Gasteiger partial charge >= 0.3 is 0 Å². The van der Waals surface area contributed by atoms with Crippen LogP contribution in [-0.4, -0.2) is 54.5 Å². The summed E-state index contributed by atoms with van der Waals surface area (Å²) < 4.78 is 5.17. The Hall–Kier alpha value is -1.86. The Labute approximate surface area is 105 Å². The number of aromatic nitrogens is 1. The summed E-state index contributed by atoms with van der Waals surface area (Å²) in [6.45, 7) is 1.58. The number of oxime groups is 1. The summed E-state index contributed by atoms with van der Waals surface area (Å²) in [4.78, 5) is 6.04. The topological polar surface area (TPSA) is 104 Å². The van der Waals surface area contributed by atoms with Crippen molar-refractivity contribution in [3.8, 4) is 0 Å². The molecule has 1 aromatic heterocycles. The Balaban J connectivity index is 2.51. The van der Waals surface area contributed by atoms with E-state index in [9.17, 15) is 0 Å². The molecule has 100 valence electrons. The van der Waals surface area contributed by atoms with Crippen LogP contribution in [-0.2, 0) is 4.74 Å². The number of hydrogen-bond donors (Lipinski definition) is 3. The summed E-state index contributed by atoms with van der Waals surface area (Å²) in [6, 6.07) is 3.50. The fraction of sp³-hybridized carbons (Fsp3) is 0.455. The van der Waals surface area contributed by atoms with Crippen LogP contribution in [0, 0.1) is 0 Å². The predicted octanol–water partition coefficient (Wildman–Crippen LogP) is -0.379. The third kappa shape index (κ3) is 4.19. The van der Waals surface area contributed by atoms with E-state index in [1.165, 1.54) is 0 Å². The largest absolute Gasteiger partial charge is 0.409 e. The number of anilines is 1. The monoisotopic (exact) mass is 254 g/mol. The van der Waals surface area contributed by atoms with E-state index < -0.39 is 0 Å². The Morgan fingerprint density at radius 1 is 1.50 bits per heavy atom. The van der Waals surface area contributed by atoms with Gasteiger partial charge < -0.3 is 25.7 Å². The van der Waals surface area contributed by atoms with E-state index in [4.69, 9.17) is 20.8 Å². The molecule has 0 fully saturated rings. The van der Waals surface area contributed by atoms with E-state index in [1.807, 2.05) is 18.0 Å². The Morgan fingerprint density at radius 2 is 2.28 bits per heavy atom. The Morgan fingerprint density at radius 3 is 2.83 bits per heavy atom. The molecular weight excluding hydrogens is 236 g/mol. The van der Waals surface area contributed by atoms with Crippen LogP contribution >= 0.6 is 0 Å². The maximum atomic E-state index is 8.56. The minimum Gasteiger partial charge on any atom is -0.409 e. The van der Waals surface area contributed by atoms with Crippen molar-refractivity contribution in [3.05, 3.63) is 24.0 Å². The fourth-order valence-electron chi connectivity index (χ4n) is 1.31. The first-order valence-electron chi connectivity index (χ1n) is 5.52. The molecule has 1 heterocycles. The molecule has 1 rings (SSSR count). The number of nitrogens with zero attached hydrogens (tertiary/aromatic N) is 3. The van der Waals surface area contributed by atoms with Gasteiger partial charge in [-0.15, -0.1) is 0 Å². The summed E-state index contributed by atoms with van der Waals surface area (Å²) in [5.41, 5.74) is 6.74. The van der Waals surface area contributed by atoms with Gasteiger partial charge in [0.25, 0.3) is 0 Å². The lowest BCUT2D eigenvalue weighted by Gasteiger charge is -2.18. The number of aliphatic hydroxyl groups is 1. The first-order chi connectivity index (χ1) is 8.69. The van der Waals surface area contributed by atoms with E-state index in [2.05, 4.69) is 10.1 Å². The molecule has 0 radical (unpaired) electrons. The molecule has 18 heavy (non-hydrogen) atoms. The molecule has 0 aliphatic heterocycles. The van der Waals surface area contributed by atoms with Gasteiger partial charge in [0.15, 0.2) is 5.84 Å². The Bertz CT molecular complexity index is 380. The van der Waals surface area contributed by atoms with Gasteiger partial charge in [-0.1, -0.05) is 5.16 Å². The molecule has 4 N–H and O–H groups in total. The predicted molar refractivity (Wildman–Crippen MR) is 67.9 cm³/mol. The zero-order valence-corrected chi connectivity index (χ0v) is 10.3. The zero-order chi connectivity index (χ0) is 13.4. The lowest BCUT2D eigenvalue weighted by molar-refractivity contribution is 0.0971. The summed E-state index contributed by atoms with van der Waals surface area (Å²) in [5.74, 6) is -0.0181. The molecular formula is C11H18N4O3. The highest BCUT2D eigenvalue weighted by Crippen LogP contribution is 2.10. The summed E-state index contributed by atoms with van der Waals surface area (Å²) in [7, 11) is 1.91. The number of aliphatic hydroxyl groups excluding tert-OH is 1. The second-order valence-corrected chi connectivity index (χ2v) is 3.64. The molecule has 0 spiro atoms. The van der Waals surface area contributed by atoms with Crippen molar-refractivity contribution >= 4 is 11.5 Å². The molecule has 0 unspecified atom stereocenters. The van der Waals surface area contributed by atoms with Crippen molar-refractivity contribution in [1.82, 2.24) is 4.98 Å². The standard InChI is InChI=1S/C11H18N4O3/c1-15(4-6-18-7-5-16)9-2-3-10(13-8-9)11(12)14-17/h2-3,8,16-17H,4-7H2,1H3,(H2,12,14). The Kier molecular flexibility index (Phi) is 5.89. The van der Waals surface area contributed by atoms with Crippen LogP contribution < -0.4 is 10.6 Å². The van der Waals surface area contributed by atoms with Gasteiger partial charge in [0, 0.05) is 13.6 Å². The number of ether oxygens (including phenoxy) is 1. The molecule has 0 aromatic carbocycles. The van der Waals surface area contributed by atoms with E-state index in [-0.39, 0.29) is 12.4 Å². The van der Waals surface area contributed by atoms with Crippen molar-refractivity contribution in [2.24, 2.45) is 10.9 Å². The van der Waals surface area contributed by atoms with Crippen LogP contribution in [0.2, 0.25) is 0 Å². The summed E-state index contributed by atoms with van der Waals surface area (Å²) in [5, 5.41) is 19.9. The highest BCUT2D eigenvalue weighted by atomic mass is 16.5. The van der Waals surface area contributed by atoms with Crippen molar-refractivity contribution in [2.45, 2.75) is 0 Å². The van der Waals surface area contributed by atoms with Crippen LogP contribution in [0.25, 0.3) is 0 Å². The number of pyridine rings is 1. The average Bonchev–Trinajstić information content (AvgIpc) is 2.42. The molecule has 0 aliphatic rings.